The molecule has 0 aromatic heterocycles. The molecule has 1 aromatic rings. The van der Waals surface area contributed by atoms with Gasteiger partial charge < -0.3 is 19.5 Å². The number of aliphatic hydroxyl groups excluding tert-OH is 1. The normalized spacial score (nSPS) is 12.8. The first kappa shape index (κ1) is 17.5. The minimum atomic E-state index is -4.21. The maximum absolute atomic E-state index is 10.8. The molecule has 0 amide bonds. The van der Waals surface area contributed by atoms with Crippen LogP contribution in [0, 0.1) is 0 Å². The second-order valence-corrected chi connectivity index (χ2v) is 6.01. The van der Waals surface area contributed by atoms with Crippen LogP contribution in [0.1, 0.15) is 6.92 Å². The van der Waals surface area contributed by atoms with Crippen molar-refractivity contribution in [3.05, 3.63) is 18.2 Å². The van der Waals surface area contributed by atoms with Gasteiger partial charge in [0, 0.05) is 37.0 Å². The molecule has 0 unspecified atom stereocenters. The van der Waals surface area contributed by atoms with Crippen molar-refractivity contribution >= 4 is 15.8 Å². The highest BCUT2D eigenvalue weighted by atomic mass is 32.2. The Morgan fingerprint density at radius 2 is 1.71 bits per heavy atom. The first-order valence-electron chi connectivity index (χ1n) is 6.40. The molecule has 0 radical (unpaired) electrons. The highest BCUT2D eigenvalue weighted by Gasteiger charge is 2.18. The number of likely N-dealkylation sites (N-methyl/N-ethyl adjacent to an activating group) is 1. The Labute approximate surface area is 124 Å². The van der Waals surface area contributed by atoms with E-state index in [9.17, 15) is 13.5 Å². The SMILES string of the molecule is CCN(C[C@H](O)CS(=O)(=O)O)c1cc(OC)cc(OC)c1. The first-order chi connectivity index (χ1) is 9.78. The topological polar surface area (TPSA) is 96.3 Å². The summed E-state index contributed by atoms with van der Waals surface area (Å²) in [6.45, 7) is 2.47. The van der Waals surface area contributed by atoms with E-state index in [2.05, 4.69) is 0 Å². The van der Waals surface area contributed by atoms with Crippen molar-refractivity contribution in [1.82, 2.24) is 0 Å². The summed E-state index contributed by atoms with van der Waals surface area (Å²) in [7, 11) is -1.15. The van der Waals surface area contributed by atoms with Crippen LogP contribution >= 0.6 is 0 Å². The molecule has 0 fully saturated rings. The minimum Gasteiger partial charge on any atom is -0.497 e. The largest absolute Gasteiger partial charge is 0.497 e. The summed E-state index contributed by atoms with van der Waals surface area (Å²) in [4.78, 5) is 1.76. The zero-order chi connectivity index (χ0) is 16.0. The van der Waals surface area contributed by atoms with Crippen molar-refractivity contribution in [2.24, 2.45) is 0 Å². The lowest BCUT2D eigenvalue weighted by molar-refractivity contribution is 0.200. The zero-order valence-electron chi connectivity index (χ0n) is 12.3. The summed E-state index contributed by atoms with van der Waals surface area (Å²) in [5.41, 5.74) is 0.725. The van der Waals surface area contributed by atoms with Crippen LogP contribution in [0.25, 0.3) is 0 Å². The molecule has 1 aromatic carbocycles. The summed E-state index contributed by atoms with van der Waals surface area (Å²) in [5, 5.41) is 9.76. The Bertz CT molecular complexity index is 538. The van der Waals surface area contributed by atoms with E-state index in [4.69, 9.17) is 14.0 Å². The van der Waals surface area contributed by atoms with E-state index in [1.165, 1.54) is 14.2 Å². The third-order valence-corrected chi connectivity index (χ3v) is 3.72. The highest BCUT2D eigenvalue weighted by Crippen LogP contribution is 2.28. The fourth-order valence-corrected chi connectivity index (χ4v) is 2.53. The molecule has 7 nitrogen and oxygen atoms in total. The maximum Gasteiger partial charge on any atom is 0.267 e. The summed E-state index contributed by atoms with van der Waals surface area (Å²) in [6, 6.07) is 5.23. The molecule has 0 heterocycles. The van der Waals surface area contributed by atoms with Gasteiger partial charge in [-0.3, -0.25) is 4.55 Å². The molecule has 1 atom stereocenters. The van der Waals surface area contributed by atoms with Crippen LogP contribution in [0.15, 0.2) is 18.2 Å². The van der Waals surface area contributed by atoms with Crippen LogP contribution in [-0.2, 0) is 10.1 Å². The number of methoxy groups -OCH3 is 2. The smallest absolute Gasteiger partial charge is 0.267 e. The van der Waals surface area contributed by atoms with Gasteiger partial charge in [0.15, 0.2) is 0 Å². The summed E-state index contributed by atoms with van der Waals surface area (Å²) in [6.07, 6.45) is -1.20. The van der Waals surface area contributed by atoms with Crippen LogP contribution in [0.2, 0.25) is 0 Å². The third-order valence-electron chi connectivity index (χ3n) is 2.92. The molecule has 8 heteroatoms. The standard InChI is InChI=1S/C13H21NO6S/c1-4-14(8-11(15)9-21(16,17)18)10-5-12(19-2)7-13(6-10)20-3/h5-7,11,15H,4,8-9H2,1-3H3,(H,16,17,18)/t11-/m0/s1. The van der Waals surface area contributed by atoms with Gasteiger partial charge in [0.1, 0.15) is 17.3 Å². The molecule has 0 bridgehead atoms. The Morgan fingerprint density at radius 1 is 1.19 bits per heavy atom. The monoisotopic (exact) mass is 319 g/mol. The molecule has 0 aliphatic heterocycles. The number of nitrogens with zero attached hydrogens (tertiary/aromatic N) is 1. The molecule has 1 rings (SSSR count). The van der Waals surface area contributed by atoms with Crippen molar-refractivity contribution in [3.8, 4) is 11.5 Å². The lowest BCUT2D eigenvalue weighted by Crippen LogP contribution is -2.36. The predicted molar refractivity (Wildman–Crippen MR) is 79.9 cm³/mol. The van der Waals surface area contributed by atoms with Gasteiger partial charge >= 0.3 is 0 Å². The third kappa shape index (κ3) is 5.78. The second kappa shape index (κ2) is 7.48. The quantitative estimate of drug-likeness (QED) is 0.683. The minimum absolute atomic E-state index is 0.0621. The van der Waals surface area contributed by atoms with Gasteiger partial charge in [-0.2, -0.15) is 8.42 Å². The van der Waals surface area contributed by atoms with E-state index < -0.39 is 22.0 Å². The van der Waals surface area contributed by atoms with Gasteiger partial charge in [-0.15, -0.1) is 0 Å². The summed E-state index contributed by atoms with van der Waals surface area (Å²) in [5.74, 6) is 0.476. The molecule has 0 saturated heterocycles. The number of aliphatic hydroxyl groups is 1. The van der Waals surface area contributed by atoms with Gasteiger partial charge in [0.05, 0.1) is 20.3 Å². The second-order valence-electron chi connectivity index (χ2n) is 4.51. The lowest BCUT2D eigenvalue weighted by atomic mass is 10.2. The lowest BCUT2D eigenvalue weighted by Gasteiger charge is -2.26. The van der Waals surface area contributed by atoms with E-state index in [1.807, 2.05) is 6.92 Å². The Balaban J connectivity index is 2.94. The summed E-state index contributed by atoms with van der Waals surface area (Å²) >= 11 is 0. The van der Waals surface area contributed by atoms with Crippen molar-refractivity contribution in [1.29, 1.82) is 0 Å². The number of anilines is 1. The molecule has 0 saturated carbocycles. The molecular weight excluding hydrogens is 298 g/mol. The van der Waals surface area contributed by atoms with Gasteiger partial charge in [0.2, 0.25) is 0 Å². The first-order valence-corrected chi connectivity index (χ1v) is 8.01. The van der Waals surface area contributed by atoms with Crippen LogP contribution in [0.3, 0.4) is 0 Å². The number of rotatable bonds is 8. The average Bonchev–Trinajstić information content (AvgIpc) is 2.42. The molecule has 21 heavy (non-hydrogen) atoms. The van der Waals surface area contributed by atoms with E-state index in [-0.39, 0.29) is 6.54 Å². The number of hydrogen-bond donors (Lipinski definition) is 2. The number of benzene rings is 1. The average molecular weight is 319 g/mol. The van der Waals surface area contributed by atoms with Crippen molar-refractivity contribution < 1.29 is 27.6 Å². The van der Waals surface area contributed by atoms with Crippen LogP contribution < -0.4 is 14.4 Å². The van der Waals surface area contributed by atoms with Crippen LogP contribution in [0.4, 0.5) is 5.69 Å². The number of ether oxygens (including phenoxy) is 2. The Hall–Kier alpha value is -1.51. The summed E-state index contributed by atoms with van der Waals surface area (Å²) < 4.78 is 40.7. The number of hydrogen-bond acceptors (Lipinski definition) is 6. The molecule has 120 valence electrons. The molecule has 2 N–H and O–H groups in total. The van der Waals surface area contributed by atoms with Gasteiger partial charge in [-0.25, -0.2) is 0 Å². The zero-order valence-corrected chi connectivity index (χ0v) is 13.1. The Morgan fingerprint density at radius 3 is 2.10 bits per heavy atom. The van der Waals surface area contributed by atoms with Crippen LogP contribution in [0.5, 0.6) is 11.5 Å². The maximum atomic E-state index is 10.8. The molecular formula is C13H21NO6S. The van der Waals surface area contributed by atoms with Crippen molar-refractivity contribution in [3.63, 3.8) is 0 Å². The fraction of sp³-hybridized carbons (Fsp3) is 0.538. The fourth-order valence-electron chi connectivity index (χ4n) is 1.94. The predicted octanol–water partition coefficient (Wildman–Crippen LogP) is 0.779. The van der Waals surface area contributed by atoms with E-state index in [1.54, 1.807) is 23.1 Å². The Kier molecular flexibility index (Phi) is 6.25. The van der Waals surface area contributed by atoms with Crippen molar-refractivity contribution in [2.45, 2.75) is 13.0 Å². The van der Waals surface area contributed by atoms with Gasteiger partial charge in [-0.1, -0.05) is 0 Å². The molecule has 0 spiro atoms. The highest BCUT2D eigenvalue weighted by molar-refractivity contribution is 7.85. The molecule has 0 aliphatic rings. The molecule has 0 aliphatic carbocycles. The van der Waals surface area contributed by atoms with E-state index in [0.29, 0.717) is 18.0 Å². The van der Waals surface area contributed by atoms with Gasteiger partial charge in [-0.05, 0) is 6.92 Å². The van der Waals surface area contributed by atoms with Crippen LogP contribution in [-0.4, -0.2) is 57.2 Å². The van der Waals surface area contributed by atoms with Crippen molar-refractivity contribution in [2.75, 3.05) is 38.0 Å². The van der Waals surface area contributed by atoms with E-state index in [0.717, 1.165) is 5.69 Å². The van der Waals surface area contributed by atoms with E-state index >= 15 is 0 Å². The van der Waals surface area contributed by atoms with Gasteiger partial charge in [0.25, 0.3) is 10.1 Å².